The maximum Gasteiger partial charge on any atom is 0.222 e. The number of carbonyl (C=O) groups excluding carboxylic acids is 1. The molecule has 1 radical (unpaired) electrons. The highest BCUT2D eigenvalue weighted by atomic mass is 16.2. The number of hydrogen-bond acceptors (Lipinski definition) is 2. The molecule has 1 rings (SSSR count). The third-order valence-corrected chi connectivity index (χ3v) is 1.86. The van der Waals surface area contributed by atoms with Crippen LogP contribution in [-0.2, 0) is 4.79 Å². The maximum absolute atomic E-state index is 11.3. The maximum atomic E-state index is 11.3. The molecule has 0 unspecified atom stereocenters. The first-order valence-electron chi connectivity index (χ1n) is 4.12. The topological polar surface area (TPSA) is 32.3 Å². The standard InChI is InChI=1S/C8H15N2O/c1-2-3-8(11)10-6-4-9-5-7-10/h9H,1-7H2. The smallest absolute Gasteiger partial charge is 0.222 e. The Balaban J connectivity index is 2.27. The van der Waals surface area contributed by atoms with Crippen LogP contribution < -0.4 is 5.32 Å². The normalized spacial score (nSPS) is 18.5. The summed E-state index contributed by atoms with van der Waals surface area (Å²) in [6.07, 6.45) is 1.31. The molecule has 1 fully saturated rings. The van der Waals surface area contributed by atoms with Gasteiger partial charge in [-0.3, -0.25) is 4.79 Å². The molecule has 1 aliphatic rings. The van der Waals surface area contributed by atoms with Crippen molar-refractivity contribution in [2.45, 2.75) is 12.8 Å². The van der Waals surface area contributed by atoms with Crippen molar-refractivity contribution in [3.8, 4) is 0 Å². The van der Waals surface area contributed by atoms with Gasteiger partial charge < -0.3 is 10.2 Å². The Morgan fingerprint density at radius 1 is 1.45 bits per heavy atom. The van der Waals surface area contributed by atoms with Gasteiger partial charge in [0.05, 0.1) is 0 Å². The molecule has 3 nitrogen and oxygen atoms in total. The summed E-state index contributed by atoms with van der Waals surface area (Å²) in [6, 6.07) is 0. The van der Waals surface area contributed by atoms with Crippen LogP contribution in [-0.4, -0.2) is 37.0 Å². The molecule has 63 valence electrons. The molecule has 0 aromatic carbocycles. The van der Waals surface area contributed by atoms with Crippen molar-refractivity contribution < 1.29 is 4.79 Å². The fraction of sp³-hybridized carbons (Fsp3) is 0.750. The molecule has 0 spiro atoms. The molecule has 1 heterocycles. The summed E-state index contributed by atoms with van der Waals surface area (Å²) in [6.45, 7) is 7.24. The van der Waals surface area contributed by atoms with E-state index in [0.29, 0.717) is 12.8 Å². The molecule has 1 amide bonds. The molecule has 0 saturated carbocycles. The number of piperazine rings is 1. The molecule has 11 heavy (non-hydrogen) atoms. The van der Waals surface area contributed by atoms with E-state index in [1.807, 2.05) is 4.90 Å². The van der Waals surface area contributed by atoms with Crippen molar-refractivity contribution in [2.24, 2.45) is 0 Å². The molecule has 3 heteroatoms. The zero-order valence-corrected chi connectivity index (χ0v) is 6.81. The minimum absolute atomic E-state index is 0.251. The van der Waals surface area contributed by atoms with Crippen molar-refractivity contribution in [2.75, 3.05) is 26.2 Å². The second-order valence-corrected chi connectivity index (χ2v) is 2.73. The van der Waals surface area contributed by atoms with Gasteiger partial charge in [0.25, 0.3) is 0 Å². The summed E-state index contributed by atoms with van der Waals surface area (Å²) in [7, 11) is 0. The van der Waals surface area contributed by atoms with Gasteiger partial charge in [0.2, 0.25) is 5.91 Å². The summed E-state index contributed by atoms with van der Waals surface area (Å²) in [5, 5.41) is 3.20. The second-order valence-electron chi connectivity index (χ2n) is 2.73. The molecule has 1 aliphatic heterocycles. The lowest BCUT2D eigenvalue weighted by Crippen LogP contribution is -2.46. The SMILES string of the molecule is [CH2]CCC(=O)N1CCNCC1. The van der Waals surface area contributed by atoms with E-state index >= 15 is 0 Å². The predicted octanol–water partition coefficient (Wildman–Crippen LogP) is 0.0325. The van der Waals surface area contributed by atoms with Crippen LogP contribution in [0.1, 0.15) is 12.8 Å². The Bertz CT molecular complexity index is 130. The van der Waals surface area contributed by atoms with Crippen molar-refractivity contribution in [3.63, 3.8) is 0 Å². The Kier molecular flexibility index (Phi) is 3.36. The summed E-state index contributed by atoms with van der Waals surface area (Å²) < 4.78 is 0. The van der Waals surface area contributed by atoms with Crippen LogP contribution >= 0.6 is 0 Å². The number of amides is 1. The average molecular weight is 155 g/mol. The van der Waals surface area contributed by atoms with Crippen molar-refractivity contribution >= 4 is 5.91 Å². The van der Waals surface area contributed by atoms with Gasteiger partial charge in [0.1, 0.15) is 0 Å². The molecule has 1 N–H and O–H groups in total. The molecular weight excluding hydrogens is 140 g/mol. The van der Waals surface area contributed by atoms with Crippen LogP contribution in [0.15, 0.2) is 0 Å². The summed E-state index contributed by atoms with van der Waals surface area (Å²) in [4.78, 5) is 13.2. The number of carbonyl (C=O) groups is 1. The highest BCUT2D eigenvalue weighted by Gasteiger charge is 2.14. The zero-order chi connectivity index (χ0) is 8.10. The Morgan fingerprint density at radius 2 is 2.09 bits per heavy atom. The quantitative estimate of drug-likeness (QED) is 0.610. The van der Waals surface area contributed by atoms with Gasteiger partial charge in [-0.25, -0.2) is 0 Å². The van der Waals surface area contributed by atoms with Crippen LogP contribution in [0.3, 0.4) is 0 Å². The lowest BCUT2D eigenvalue weighted by Gasteiger charge is -2.27. The van der Waals surface area contributed by atoms with Gasteiger partial charge in [0.15, 0.2) is 0 Å². The fourth-order valence-electron chi connectivity index (χ4n) is 1.22. The second kappa shape index (κ2) is 4.34. The minimum Gasteiger partial charge on any atom is -0.340 e. The van der Waals surface area contributed by atoms with Crippen LogP contribution in [0, 0.1) is 6.92 Å². The van der Waals surface area contributed by atoms with E-state index in [-0.39, 0.29) is 5.91 Å². The van der Waals surface area contributed by atoms with Crippen LogP contribution in [0.2, 0.25) is 0 Å². The van der Waals surface area contributed by atoms with Gasteiger partial charge in [-0.15, -0.1) is 0 Å². The van der Waals surface area contributed by atoms with Gasteiger partial charge in [-0.1, -0.05) is 6.92 Å². The lowest BCUT2D eigenvalue weighted by molar-refractivity contribution is -0.131. The van der Waals surface area contributed by atoms with E-state index in [0.717, 1.165) is 26.2 Å². The first-order chi connectivity index (χ1) is 5.34. The highest BCUT2D eigenvalue weighted by Crippen LogP contribution is 1.98. The third kappa shape index (κ3) is 2.50. The monoisotopic (exact) mass is 155 g/mol. The van der Waals surface area contributed by atoms with Crippen molar-refractivity contribution in [1.82, 2.24) is 10.2 Å². The van der Waals surface area contributed by atoms with Gasteiger partial charge in [-0.05, 0) is 6.42 Å². The van der Waals surface area contributed by atoms with E-state index in [4.69, 9.17) is 0 Å². The van der Waals surface area contributed by atoms with Crippen LogP contribution in [0.25, 0.3) is 0 Å². The first-order valence-corrected chi connectivity index (χ1v) is 4.12. The number of nitrogens with one attached hydrogen (secondary N) is 1. The minimum atomic E-state index is 0.251. The molecule has 0 aromatic heterocycles. The molecule has 0 bridgehead atoms. The van der Waals surface area contributed by atoms with E-state index in [2.05, 4.69) is 12.2 Å². The highest BCUT2D eigenvalue weighted by molar-refractivity contribution is 5.76. The van der Waals surface area contributed by atoms with E-state index in [1.165, 1.54) is 0 Å². The number of rotatable bonds is 2. The van der Waals surface area contributed by atoms with Gasteiger partial charge in [-0.2, -0.15) is 0 Å². The third-order valence-electron chi connectivity index (χ3n) is 1.86. The molecular formula is C8H15N2O. The predicted molar refractivity (Wildman–Crippen MR) is 44.0 cm³/mol. The first kappa shape index (κ1) is 8.53. The van der Waals surface area contributed by atoms with Gasteiger partial charge in [0, 0.05) is 32.6 Å². The number of nitrogens with zero attached hydrogens (tertiary/aromatic N) is 1. The van der Waals surface area contributed by atoms with Gasteiger partial charge >= 0.3 is 0 Å². The van der Waals surface area contributed by atoms with Crippen molar-refractivity contribution in [3.05, 3.63) is 6.92 Å². The van der Waals surface area contributed by atoms with Crippen LogP contribution in [0.5, 0.6) is 0 Å². The molecule has 0 atom stereocenters. The summed E-state index contributed by atoms with van der Waals surface area (Å²) >= 11 is 0. The fourth-order valence-corrected chi connectivity index (χ4v) is 1.22. The Hall–Kier alpha value is -0.570. The summed E-state index contributed by atoms with van der Waals surface area (Å²) in [5.74, 6) is 0.251. The number of hydrogen-bond donors (Lipinski definition) is 1. The largest absolute Gasteiger partial charge is 0.340 e. The average Bonchev–Trinajstić information content (AvgIpc) is 2.07. The molecule has 0 aromatic rings. The zero-order valence-electron chi connectivity index (χ0n) is 6.81. The Morgan fingerprint density at radius 3 is 2.64 bits per heavy atom. The summed E-state index contributed by atoms with van der Waals surface area (Å²) in [5.41, 5.74) is 0. The molecule has 1 saturated heterocycles. The van der Waals surface area contributed by atoms with E-state index in [9.17, 15) is 4.79 Å². The Labute approximate surface area is 67.8 Å². The molecule has 0 aliphatic carbocycles. The van der Waals surface area contributed by atoms with E-state index in [1.54, 1.807) is 0 Å². The van der Waals surface area contributed by atoms with E-state index < -0.39 is 0 Å². The van der Waals surface area contributed by atoms with Crippen LogP contribution in [0.4, 0.5) is 0 Å². The van der Waals surface area contributed by atoms with Crippen molar-refractivity contribution in [1.29, 1.82) is 0 Å². The lowest BCUT2D eigenvalue weighted by atomic mass is 10.2.